The van der Waals surface area contributed by atoms with Crippen molar-refractivity contribution in [1.82, 2.24) is 0 Å². The molecular weight excluding hydrogens is 396 g/mol. The van der Waals surface area contributed by atoms with Crippen LogP contribution in [0.1, 0.15) is 0 Å². The standard InChI is InChI=1S/C24H18N2O3S/c27-21-14-7-10-17-18(21)11-6-13-19(17)25-23(28)24(29)26-20-12-4-5-15-22(20)30-16-8-2-1-3-9-16/h1-15,27H,(H,25,28)(H,26,29). The van der Waals surface area contributed by atoms with E-state index in [2.05, 4.69) is 10.6 Å². The monoisotopic (exact) mass is 414 g/mol. The molecule has 0 aliphatic heterocycles. The number of fused-ring (bicyclic) bond motifs is 1. The maximum absolute atomic E-state index is 12.5. The number of phenolic OH excluding ortho intramolecular Hbond substituents is 1. The minimum atomic E-state index is -0.787. The molecule has 0 saturated heterocycles. The zero-order valence-corrected chi connectivity index (χ0v) is 16.6. The summed E-state index contributed by atoms with van der Waals surface area (Å²) >= 11 is 1.50. The Morgan fingerprint density at radius 1 is 0.633 bits per heavy atom. The van der Waals surface area contributed by atoms with Gasteiger partial charge >= 0.3 is 11.8 Å². The lowest BCUT2D eigenvalue weighted by Gasteiger charge is -2.12. The first kappa shape index (κ1) is 19.5. The Balaban J connectivity index is 1.51. The average Bonchev–Trinajstić information content (AvgIpc) is 2.76. The number of carbonyl (C=O) groups excluding carboxylic acids is 2. The quantitative estimate of drug-likeness (QED) is 0.397. The molecule has 0 unspecified atom stereocenters. The maximum atomic E-state index is 12.5. The van der Waals surface area contributed by atoms with Crippen LogP contribution < -0.4 is 10.6 Å². The number of amides is 2. The molecule has 0 heterocycles. The van der Waals surface area contributed by atoms with E-state index in [1.165, 1.54) is 11.8 Å². The number of carbonyl (C=O) groups is 2. The number of anilines is 2. The highest BCUT2D eigenvalue weighted by atomic mass is 32.2. The molecule has 0 aliphatic rings. The molecule has 30 heavy (non-hydrogen) atoms. The van der Waals surface area contributed by atoms with Crippen molar-refractivity contribution >= 4 is 45.7 Å². The van der Waals surface area contributed by atoms with Gasteiger partial charge in [0.25, 0.3) is 0 Å². The third-order valence-electron chi connectivity index (χ3n) is 4.46. The van der Waals surface area contributed by atoms with Crippen molar-refractivity contribution in [3.8, 4) is 5.75 Å². The molecule has 0 saturated carbocycles. The van der Waals surface area contributed by atoms with Gasteiger partial charge in [-0.05, 0) is 36.4 Å². The van der Waals surface area contributed by atoms with E-state index >= 15 is 0 Å². The topological polar surface area (TPSA) is 78.4 Å². The molecule has 0 fully saturated rings. The highest BCUT2D eigenvalue weighted by Crippen LogP contribution is 2.33. The van der Waals surface area contributed by atoms with Crippen LogP contribution in [-0.2, 0) is 9.59 Å². The Labute approximate surface area is 177 Å². The summed E-state index contributed by atoms with van der Waals surface area (Å²) in [6.45, 7) is 0. The average molecular weight is 414 g/mol. The van der Waals surface area contributed by atoms with Gasteiger partial charge in [-0.15, -0.1) is 0 Å². The van der Waals surface area contributed by atoms with E-state index in [0.717, 1.165) is 9.79 Å². The number of para-hydroxylation sites is 1. The molecule has 5 nitrogen and oxygen atoms in total. The van der Waals surface area contributed by atoms with Crippen LogP contribution in [0.5, 0.6) is 5.75 Å². The van der Waals surface area contributed by atoms with Gasteiger partial charge in [0.05, 0.1) is 5.69 Å². The molecule has 148 valence electrons. The number of hydrogen-bond donors (Lipinski definition) is 3. The van der Waals surface area contributed by atoms with Gasteiger partial charge in [0, 0.05) is 26.3 Å². The molecule has 0 aliphatic carbocycles. The predicted octanol–water partition coefficient (Wildman–Crippen LogP) is 5.27. The molecule has 0 spiro atoms. The second kappa shape index (κ2) is 8.71. The van der Waals surface area contributed by atoms with Gasteiger partial charge in [-0.2, -0.15) is 0 Å². The van der Waals surface area contributed by atoms with E-state index < -0.39 is 11.8 Å². The Kier molecular flexibility index (Phi) is 5.68. The van der Waals surface area contributed by atoms with Crippen LogP contribution in [-0.4, -0.2) is 16.9 Å². The van der Waals surface area contributed by atoms with Gasteiger partial charge in [-0.25, -0.2) is 0 Å². The Morgan fingerprint density at radius 3 is 2.03 bits per heavy atom. The van der Waals surface area contributed by atoms with Crippen LogP contribution >= 0.6 is 11.8 Å². The van der Waals surface area contributed by atoms with Crippen LogP contribution in [0.4, 0.5) is 11.4 Å². The van der Waals surface area contributed by atoms with Crippen molar-refractivity contribution in [3.63, 3.8) is 0 Å². The highest BCUT2D eigenvalue weighted by Gasteiger charge is 2.17. The Morgan fingerprint density at radius 2 is 1.23 bits per heavy atom. The van der Waals surface area contributed by atoms with E-state index in [1.807, 2.05) is 42.5 Å². The Hall–Kier alpha value is -3.77. The van der Waals surface area contributed by atoms with Crippen LogP contribution in [0.3, 0.4) is 0 Å². The lowest BCUT2D eigenvalue weighted by Crippen LogP contribution is -2.29. The summed E-state index contributed by atoms with van der Waals surface area (Å²) in [4.78, 5) is 26.9. The highest BCUT2D eigenvalue weighted by molar-refractivity contribution is 7.99. The SMILES string of the molecule is O=C(Nc1ccccc1Sc1ccccc1)C(=O)Nc1cccc2c(O)cccc12. The lowest BCUT2D eigenvalue weighted by atomic mass is 10.1. The number of hydrogen-bond acceptors (Lipinski definition) is 4. The number of phenols is 1. The van der Waals surface area contributed by atoms with E-state index in [4.69, 9.17) is 0 Å². The summed E-state index contributed by atoms with van der Waals surface area (Å²) in [6.07, 6.45) is 0. The summed E-state index contributed by atoms with van der Waals surface area (Å²) in [5, 5.41) is 16.6. The van der Waals surface area contributed by atoms with Gasteiger partial charge in [0.1, 0.15) is 5.75 Å². The fourth-order valence-corrected chi connectivity index (χ4v) is 3.96. The smallest absolute Gasteiger partial charge is 0.314 e. The van der Waals surface area contributed by atoms with Gasteiger partial charge in [-0.3, -0.25) is 9.59 Å². The van der Waals surface area contributed by atoms with Gasteiger partial charge in [0.15, 0.2) is 0 Å². The van der Waals surface area contributed by atoms with Crippen molar-refractivity contribution in [3.05, 3.63) is 91.0 Å². The van der Waals surface area contributed by atoms with E-state index in [1.54, 1.807) is 48.5 Å². The molecule has 0 bridgehead atoms. The fourth-order valence-electron chi connectivity index (χ4n) is 3.03. The van der Waals surface area contributed by atoms with Gasteiger partial charge in [0.2, 0.25) is 0 Å². The van der Waals surface area contributed by atoms with Crippen LogP contribution in [0.25, 0.3) is 10.8 Å². The molecule has 3 N–H and O–H groups in total. The van der Waals surface area contributed by atoms with Crippen LogP contribution in [0, 0.1) is 0 Å². The van der Waals surface area contributed by atoms with Crippen molar-refractivity contribution in [1.29, 1.82) is 0 Å². The van der Waals surface area contributed by atoms with Crippen molar-refractivity contribution < 1.29 is 14.7 Å². The zero-order valence-electron chi connectivity index (χ0n) is 15.8. The Bertz CT molecular complexity index is 1230. The largest absolute Gasteiger partial charge is 0.507 e. The van der Waals surface area contributed by atoms with E-state index in [0.29, 0.717) is 22.1 Å². The fraction of sp³-hybridized carbons (Fsp3) is 0. The van der Waals surface area contributed by atoms with E-state index in [9.17, 15) is 14.7 Å². The van der Waals surface area contributed by atoms with E-state index in [-0.39, 0.29) is 5.75 Å². The maximum Gasteiger partial charge on any atom is 0.314 e. The molecule has 0 aromatic heterocycles. The van der Waals surface area contributed by atoms with Gasteiger partial charge in [-0.1, -0.05) is 66.4 Å². The predicted molar refractivity (Wildman–Crippen MR) is 120 cm³/mol. The number of nitrogens with one attached hydrogen (secondary N) is 2. The number of benzene rings is 4. The molecule has 4 aromatic rings. The zero-order chi connectivity index (χ0) is 20.9. The van der Waals surface area contributed by atoms with Crippen molar-refractivity contribution in [2.45, 2.75) is 9.79 Å². The minimum absolute atomic E-state index is 0.111. The minimum Gasteiger partial charge on any atom is -0.507 e. The molecule has 0 radical (unpaired) electrons. The lowest BCUT2D eigenvalue weighted by molar-refractivity contribution is -0.133. The summed E-state index contributed by atoms with van der Waals surface area (Å²) in [6, 6.07) is 27.3. The molecule has 4 aromatic carbocycles. The molecule has 6 heteroatoms. The summed E-state index contributed by atoms with van der Waals surface area (Å²) in [5.74, 6) is -1.45. The molecule has 0 atom stereocenters. The summed E-state index contributed by atoms with van der Waals surface area (Å²) in [7, 11) is 0. The first-order chi connectivity index (χ1) is 14.6. The third kappa shape index (κ3) is 4.29. The molecular formula is C24H18N2O3S. The molecule has 2 amide bonds. The second-order valence-electron chi connectivity index (χ2n) is 6.50. The van der Waals surface area contributed by atoms with Gasteiger partial charge < -0.3 is 15.7 Å². The normalized spacial score (nSPS) is 10.5. The first-order valence-electron chi connectivity index (χ1n) is 9.27. The third-order valence-corrected chi connectivity index (χ3v) is 5.54. The van der Waals surface area contributed by atoms with Crippen LogP contribution in [0.15, 0.2) is 101 Å². The second-order valence-corrected chi connectivity index (χ2v) is 7.61. The van der Waals surface area contributed by atoms with Crippen LogP contribution in [0.2, 0.25) is 0 Å². The van der Waals surface area contributed by atoms with Crippen molar-refractivity contribution in [2.24, 2.45) is 0 Å². The summed E-state index contributed by atoms with van der Waals surface area (Å²) < 4.78 is 0. The molecule has 4 rings (SSSR count). The summed E-state index contributed by atoms with van der Waals surface area (Å²) in [5.41, 5.74) is 1.01. The number of rotatable bonds is 4. The number of aromatic hydroxyl groups is 1. The first-order valence-corrected chi connectivity index (χ1v) is 10.1. The van der Waals surface area contributed by atoms with Crippen molar-refractivity contribution in [2.75, 3.05) is 10.6 Å².